The molecule has 0 fully saturated rings. The first kappa shape index (κ1) is 10.2. The molecule has 0 saturated carbocycles. The van der Waals surface area contributed by atoms with Crippen LogP contribution in [0.2, 0.25) is 5.02 Å². The lowest BCUT2D eigenvalue weighted by Crippen LogP contribution is -1.95. The zero-order valence-corrected chi connectivity index (χ0v) is 8.72. The Morgan fingerprint density at radius 2 is 2.00 bits per heavy atom. The fraction of sp³-hybridized carbons (Fsp3) is 0.400. The maximum Gasteiger partial charge on any atom is 0.127 e. The molecular formula is C10H13ClO2. The number of hydrogen-bond donors (Lipinski definition) is 1. The third kappa shape index (κ3) is 2.07. The first-order chi connectivity index (χ1) is 6.06. The average Bonchev–Trinajstić information content (AvgIpc) is 2.01. The van der Waals surface area contributed by atoms with E-state index in [2.05, 4.69) is 0 Å². The molecule has 0 spiro atoms. The summed E-state index contributed by atoms with van der Waals surface area (Å²) in [6.07, 6.45) is 0. The number of halogens is 1. The van der Waals surface area contributed by atoms with Gasteiger partial charge in [-0.3, -0.25) is 0 Å². The molecule has 0 aliphatic rings. The van der Waals surface area contributed by atoms with E-state index in [4.69, 9.17) is 16.3 Å². The summed E-state index contributed by atoms with van der Waals surface area (Å²) in [4.78, 5) is 0. The van der Waals surface area contributed by atoms with E-state index >= 15 is 0 Å². The van der Waals surface area contributed by atoms with Crippen LogP contribution in [-0.4, -0.2) is 12.2 Å². The minimum Gasteiger partial charge on any atom is -0.508 e. The highest BCUT2D eigenvalue weighted by Crippen LogP contribution is 2.36. The van der Waals surface area contributed by atoms with E-state index in [0.29, 0.717) is 10.8 Å². The molecule has 0 aliphatic heterocycles. The van der Waals surface area contributed by atoms with Crippen LogP contribution in [0.25, 0.3) is 0 Å². The van der Waals surface area contributed by atoms with Crippen molar-refractivity contribution >= 4 is 11.6 Å². The molecule has 1 N–H and O–H groups in total. The number of phenolic OH excluding ortho intramolecular Hbond substituents is 1. The van der Waals surface area contributed by atoms with E-state index in [1.807, 2.05) is 13.8 Å². The van der Waals surface area contributed by atoms with Gasteiger partial charge in [-0.1, -0.05) is 25.4 Å². The standard InChI is InChI=1S/C10H13ClO2/c1-6(2)10-8(11)4-7(12)5-9(10)13-3/h4-6,12H,1-3H3. The molecule has 0 amide bonds. The summed E-state index contributed by atoms with van der Waals surface area (Å²) >= 11 is 5.97. The van der Waals surface area contributed by atoms with Crippen LogP contribution in [0.15, 0.2) is 12.1 Å². The first-order valence-electron chi connectivity index (χ1n) is 4.12. The van der Waals surface area contributed by atoms with Crippen LogP contribution in [-0.2, 0) is 0 Å². The maximum atomic E-state index is 9.27. The normalized spacial score (nSPS) is 10.5. The number of phenols is 1. The number of methoxy groups -OCH3 is 1. The van der Waals surface area contributed by atoms with Gasteiger partial charge in [0.1, 0.15) is 11.5 Å². The maximum absolute atomic E-state index is 9.27. The predicted molar refractivity (Wildman–Crippen MR) is 53.8 cm³/mol. The highest BCUT2D eigenvalue weighted by atomic mass is 35.5. The van der Waals surface area contributed by atoms with Gasteiger partial charge in [-0.15, -0.1) is 0 Å². The molecular weight excluding hydrogens is 188 g/mol. The van der Waals surface area contributed by atoms with Crippen molar-refractivity contribution in [2.24, 2.45) is 0 Å². The second kappa shape index (κ2) is 3.88. The molecule has 0 radical (unpaired) electrons. The van der Waals surface area contributed by atoms with Crippen LogP contribution >= 0.6 is 11.6 Å². The van der Waals surface area contributed by atoms with Crippen molar-refractivity contribution in [2.75, 3.05) is 7.11 Å². The molecule has 1 aromatic carbocycles. The van der Waals surface area contributed by atoms with Crippen molar-refractivity contribution in [3.8, 4) is 11.5 Å². The van der Waals surface area contributed by atoms with Crippen LogP contribution in [0.3, 0.4) is 0 Å². The number of hydrogen-bond acceptors (Lipinski definition) is 2. The van der Waals surface area contributed by atoms with Crippen LogP contribution < -0.4 is 4.74 Å². The lowest BCUT2D eigenvalue weighted by atomic mass is 10.0. The average molecular weight is 201 g/mol. The van der Waals surface area contributed by atoms with Gasteiger partial charge in [0.15, 0.2) is 0 Å². The second-order valence-corrected chi connectivity index (χ2v) is 3.61. The monoisotopic (exact) mass is 200 g/mol. The number of rotatable bonds is 2. The summed E-state index contributed by atoms with van der Waals surface area (Å²) in [5, 5.41) is 9.81. The molecule has 0 aromatic heterocycles. The zero-order valence-electron chi connectivity index (χ0n) is 7.97. The molecule has 0 atom stereocenters. The third-order valence-corrected chi connectivity index (χ3v) is 2.19. The Morgan fingerprint density at radius 1 is 1.38 bits per heavy atom. The minimum absolute atomic E-state index is 0.131. The topological polar surface area (TPSA) is 29.5 Å². The summed E-state index contributed by atoms with van der Waals surface area (Å²) in [5.41, 5.74) is 0.932. The SMILES string of the molecule is COc1cc(O)cc(Cl)c1C(C)C. The van der Waals surface area contributed by atoms with Crippen LogP contribution in [0.1, 0.15) is 25.3 Å². The van der Waals surface area contributed by atoms with E-state index in [9.17, 15) is 5.11 Å². The largest absolute Gasteiger partial charge is 0.508 e. The molecule has 13 heavy (non-hydrogen) atoms. The van der Waals surface area contributed by atoms with Crippen LogP contribution in [0, 0.1) is 0 Å². The quantitative estimate of drug-likeness (QED) is 0.795. The van der Waals surface area contributed by atoms with Crippen molar-refractivity contribution in [3.63, 3.8) is 0 Å². The lowest BCUT2D eigenvalue weighted by molar-refractivity contribution is 0.401. The Morgan fingerprint density at radius 3 is 2.46 bits per heavy atom. The molecule has 3 heteroatoms. The lowest BCUT2D eigenvalue weighted by Gasteiger charge is -2.13. The van der Waals surface area contributed by atoms with Crippen LogP contribution in [0.5, 0.6) is 11.5 Å². The summed E-state index contributed by atoms with van der Waals surface area (Å²) < 4.78 is 5.12. The summed E-state index contributed by atoms with van der Waals surface area (Å²) in [6.45, 7) is 4.06. The summed E-state index contributed by atoms with van der Waals surface area (Å²) in [6, 6.07) is 3.10. The van der Waals surface area contributed by atoms with Gasteiger partial charge in [-0.25, -0.2) is 0 Å². The molecule has 72 valence electrons. The smallest absolute Gasteiger partial charge is 0.127 e. The van der Waals surface area contributed by atoms with Gasteiger partial charge in [-0.05, 0) is 12.0 Å². The molecule has 1 aromatic rings. The number of aromatic hydroxyl groups is 1. The fourth-order valence-electron chi connectivity index (χ4n) is 1.31. The minimum atomic E-state index is 0.131. The van der Waals surface area contributed by atoms with E-state index in [-0.39, 0.29) is 11.7 Å². The molecule has 0 aliphatic carbocycles. The van der Waals surface area contributed by atoms with E-state index in [1.54, 1.807) is 13.2 Å². The van der Waals surface area contributed by atoms with E-state index < -0.39 is 0 Å². The van der Waals surface area contributed by atoms with Gasteiger partial charge < -0.3 is 9.84 Å². The van der Waals surface area contributed by atoms with Crippen molar-refractivity contribution in [1.29, 1.82) is 0 Å². The van der Waals surface area contributed by atoms with Crippen molar-refractivity contribution in [2.45, 2.75) is 19.8 Å². The highest BCUT2D eigenvalue weighted by Gasteiger charge is 2.12. The molecule has 0 bridgehead atoms. The Balaban J connectivity index is 3.30. The molecule has 0 heterocycles. The van der Waals surface area contributed by atoms with Crippen molar-refractivity contribution in [1.82, 2.24) is 0 Å². The summed E-state index contributed by atoms with van der Waals surface area (Å²) in [5.74, 6) is 1.05. The van der Waals surface area contributed by atoms with Crippen molar-refractivity contribution in [3.05, 3.63) is 22.7 Å². The molecule has 2 nitrogen and oxygen atoms in total. The second-order valence-electron chi connectivity index (χ2n) is 3.20. The van der Waals surface area contributed by atoms with Gasteiger partial charge in [0.05, 0.1) is 12.1 Å². The van der Waals surface area contributed by atoms with Crippen molar-refractivity contribution < 1.29 is 9.84 Å². The van der Waals surface area contributed by atoms with Crippen LogP contribution in [0.4, 0.5) is 0 Å². The molecule has 1 rings (SSSR count). The Labute approximate surface area is 83.1 Å². The highest BCUT2D eigenvalue weighted by molar-refractivity contribution is 6.31. The Hall–Kier alpha value is -0.890. The van der Waals surface area contributed by atoms with Gasteiger partial charge >= 0.3 is 0 Å². The van der Waals surface area contributed by atoms with Gasteiger partial charge in [0, 0.05) is 11.6 Å². The molecule has 0 unspecified atom stereocenters. The van der Waals surface area contributed by atoms with Gasteiger partial charge in [-0.2, -0.15) is 0 Å². The third-order valence-electron chi connectivity index (χ3n) is 1.87. The Kier molecular flexibility index (Phi) is 3.04. The fourth-order valence-corrected chi connectivity index (χ4v) is 1.73. The van der Waals surface area contributed by atoms with Gasteiger partial charge in [0.25, 0.3) is 0 Å². The zero-order chi connectivity index (χ0) is 10.0. The Bertz CT molecular complexity index is 308. The molecule has 0 saturated heterocycles. The number of benzene rings is 1. The van der Waals surface area contributed by atoms with E-state index in [1.165, 1.54) is 6.07 Å². The number of ether oxygens (including phenoxy) is 1. The van der Waals surface area contributed by atoms with Gasteiger partial charge in [0.2, 0.25) is 0 Å². The predicted octanol–water partition coefficient (Wildman–Crippen LogP) is 3.18. The summed E-state index contributed by atoms with van der Waals surface area (Å²) in [7, 11) is 1.57. The first-order valence-corrected chi connectivity index (χ1v) is 4.50. The van der Waals surface area contributed by atoms with E-state index in [0.717, 1.165) is 5.56 Å².